The molecule has 2 heterocycles. The Balaban J connectivity index is 1.88. The number of rotatable bonds is 4. The number of sulfone groups is 1. The summed E-state index contributed by atoms with van der Waals surface area (Å²) in [6, 6.07) is 7.31. The van der Waals surface area contributed by atoms with Crippen molar-refractivity contribution in [2.45, 2.75) is 37.6 Å². The molecule has 0 atom stereocenters. The maximum Gasteiger partial charge on any atom is 0.179 e. The highest BCUT2D eigenvalue weighted by molar-refractivity contribution is 7.91. The van der Waals surface area contributed by atoms with Gasteiger partial charge in [-0.1, -0.05) is 5.16 Å². The SMILES string of the molecule is Cc1noc(C)c1-c1cc(S(=O)(=O)CC2CC(N)C2)c2cccnc2c1. The van der Waals surface area contributed by atoms with Gasteiger partial charge in [-0.3, -0.25) is 4.98 Å². The lowest BCUT2D eigenvalue weighted by Gasteiger charge is -2.32. The Morgan fingerprint density at radius 3 is 2.69 bits per heavy atom. The molecule has 26 heavy (non-hydrogen) atoms. The molecule has 0 radical (unpaired) electrons. The number of hydrogen-bond donors (Lipinski definition) is 1. The molecular weight excluding hydrogens is 350 g/mol. The van der Waals surface area contributed by atoms with E-state index in [1.807, 2.05) is 19.9 Å². The van der Waals surface area contributed by atoms with Gasteiger partial charge in [0.2, 0.25) is 0 Å². The van der Waals surface area contributed by atoms with E-state index in [-0.39, 0.29) is 17.7 Å². The van der Waals surface area contributed by atoms with E-state index in [4.69, 9.17) is 10.3 Å². The van der Waals surface area contributed by atoms with Gasteiger partial charge in [0.1, 0.15) is 5.76 Å². The lowest BCUT2D eigenvalue weighted by molar-refractivity contribution is 0.292. The van der Waals surface area contributed by atoms with Crippen molar-refractivity contribution in [2.75, 3.05) is 5.75 Å². The topological polar surface area (TPSA) is 99.1 Å². The van der Waals surface area contributed by atoms with E-state index < -0.39 is 9.84 Å². The standard InChI is InChI=1S/C19H21N3O3S/c1-11-19(12(2)25-22-11)14-8-17-16(4-3-5-21-17)18(9-14)26(23,24)10-13-6-15(20)7-13/h3-5,8-9,13,15H,6-7,10,20H2,1-2H3. The van der Waals surface area contributed by atoms with E-state index in [0.717, 1.165) is 29.7 Å². The quantitative estimate of drug-likeness (QED) is 0.757. The van der Waals surface area contributed by atoms with Crippen molar-refractivity contribution in [2.24, 2.45) is 11.7 Å². The summed E-state index contributed by atoms with van der Waals surface area (Å²) in [6.07, 6.45) is 3.19. The fourth-order valence-corrected chi connectivity index (χ4v) is 5.66. The molecule has 0 unspecified atom stereocenters. The molecule has 6 nitrogen and oxygen atoms in total. The molecule has 3 aromatic rings. The molecular formula is C19H21N3O3S. The second kappa shape index (κ2) is 6.17. The summed E-state index contributed by atoms with van der Waals surface area (Å²) >= 11 is 0. The average Bonchev–Trinajstić information content (AvgIpc) is 2.91. The molecule has 1 aromatic carbocycles. The molecule has 136 valence electrons. The van der Waals surface area contributed by atoms with Crippen LogP contribution in [0.15, 0.2) is 39.9 Å². The van der Waals surface area contributed by atoms with Crippen molar-refractivity contribution in [3.63, 3.8) is 0 Å². The minimum Gasteiger partial charge on any atom is -0.361 e. The smallest absolute Gasteiger partial charge is 0.179 e. The van der Waals surface area contributed by atoms with Gasteiger partial charge in [0.25, 0.3) is 0 Å². The van der Waals surface area contributed by atoms with Gasteiger partial charge in [-0.05, 0) is 62.4 Å². The minimum absolute atomic E-state index is 0.121. The number of nitrogens with two attached hydrogens (primary N) is 1. The highest BCUT2D eigenvalue weighted by Crippen LogP contribution is 2.35. The van der Waals surface area contributed by atoms with Crippen LogP contribution in [-0.2, 0) is 9.84 Å². The second-order valence-electron chi connectivity index (χ2n) is 7.12. The largest absolute Gasteiger partial charge is 0.361 e. The Morgan fingerprint density at radius 1 is 1.27 bits per heavy atom. The molecule has 0 bridgehead atoms. The van der Waals surface area contributed by atoms with E-state index in [2.05, 4.69) is 10.1 Å². The molecule has 4 rings (SSSR count). The third-order valence-electron chi connectivity index (χ3n) is 5.07. The van der Waals surface area contributed by atoms with Crippen LogP contribution in [0.5, 0.6) is 0 Å². The molecule has 0 aliphatic heterocycles. The summed E-state index contributed by atoms with van der Waals surface area (Å²) in [6.45, 7) is 3.67. The molecule has 2 aromatic heterocycles. The highest BCUT2D eigenvalue weighted by Gasteiger charge is 2.32. The minimum atomic E-state index is -3.46. The van der Waals surface area contributed by atoms with Crippen molar-refractivity contribution in [3.8, 4) is 11.1 Å². The number of nitrogens with zero attached hydrogens (tertiary/aromatic N) is 2. The third-order valence-corrected chi connectivity index (χ3v) is 6.99. The number of fused-ring (bicyclic) bond motifs is 1. The van der Waals surface area contributed by atoms with Crippen LogP contribution in [0.2, 0.25) is 0 Å². The first-order valence-electron chi connectivity index (χ1n) is 8.65. The molecule has 0 saturated heterocycles. The molecule has 0 spiro atoms. The van der Waals surface area contributed by atoms with Crippen molar-refractivity contribution < 1.29 is 12.9 Å². The average molecular weight is 371 g/mol. The fourth-order valence-electron chi connectivity index (χ4n) is 3.77. The number of hydrogen-bond acceptors (Lipinski definition) is 6. The Morgan fingerprint density at radius 2 is 2.04 bits per heavy atom. The summed E-state index contributed by atoms with van der Waals surface area (Å²) in [5, 5.41) is 4.63. The summed E-state index contributed by atoms with van der Waals surface area (Å²) in [4.78, 5) is 4.69. The lowest BCUT2D eigenvalue weighted by atomic mass is 9.82. The number of pyridine rings is 1. The Labute approximate surface area is 152 Å². The van der Waals surface area contributed by atoms with Gasteiger partial charge in [0.05, 0.1) is 21.9 Å². The summed E-state index contributed by atoms with van der Waals surface area (Å²) in [5.74, 6) is 0.908. The number of aromatic nitrogens is 2. The number of benzene rings is 1. The first kappa shape index (κ1) is 17.2. The molecule has 2 N–H and O–H groups in total. The lowest BCUT2D eigenvalue weighted by Crippen LogP contribution is -2.39. The fraction of sp³-hybridized carbons (Fsp3) is 0.368. The third kappa shape index (κ3) is 2.91. The van der Waals surface area contributed by atoms with Gasteiger partial charge in [0, 0.05) is 23.2 Å². The van der Waals surface area contributed by atoms with Crippen LogP contribution in [0.1, 0.15) is 24.3 Å². The van der Waals surface area contributed by atoms with E-state index in [9.17, 15) is 8.42 Å². The van der Waals surface area contributed by atoms with Gasteiger partial charge in [-0.25, -0.2) is 8.42 Å². The normalized spacial score (nSPS) is 20.3. The van der Waals surface area contributed by atoms with E-state index in [0.29, 0.717) is 21.6 Å². The van der Waals surface area contributed by atoms with Crippen molar-refractivity contribution in [1.29, 1.82) is 0 Å². The zero-order valence-corrected chi connectivity index (χ0v) is 15.6. The highest BCUT2D eigenvalue weighted by atomic mass is 32.2. The molecule has 7 heteroatoms. The Kier molecular flexibility index (Phi) is 4.08. The first-order valence-corrected chi connectivity index (χ1v) is 10.3. The van der Waals surface area contributed by atoms with Gasteiger partial charge in [-0.2, -0.15) is 0 Å². The van der Waals surface area contributed by atoms with Crippen LogP contribution in [-0.4, -0.2) is 30.4 Å². The van der Waals surface area contributed by atoms with Crippen LogP contribution in [0.25, 0.3) is 22.0 Å². The summed E-state index contributed by atoms with van der Waals surface area (Å²) in [7, 11) is -3.46. The Bertz CT molecular complexity index is 1060. The predicted molar refractivity (Wildman–Crippen MR) is 99.5 cm³/mol. The van der Waals surface area contributed by atoms with Crippen molar-refractivity contribution >= 4 is 20.7 Å². The summed E-state index contributed by atoms with van der Waals surface area (Å²) < 4.78 is 31.5. The van der Waals surface area contributed by atoms with Crippen molar-refractivity contribution in [3.05, 3.63) is 41.9 Å². The van der Waals surface area contributed by atoms with Gasteiger partial charge in [-0.15, -0.1) is 0 Å². The van der Waals surface area contributed by atoms with E-state index in [1.165, 1.54) is 0 Å². The zero-order chi connectivity index (χ0) is 18.5. The van der Waals surface area contributed by atoms with E-state index >= 15 is 0 Å². The molecule has 1 fully saturated rings. The van der Waals surface area contributed by atoms with Gasteiger partial charge in [0.15, 0.2) is 9.84 Å². The van der Waals surface area contributed by atoms with Crippen LogP contribution in [0.4, 0.5) is 0 Å². The molecule has 0 amide bonds. The Hall–Kier alpha value is -2.25. The van der Waals surface area contributed by atoms with Crippen LogP contribution >= 0.6 is 0 Å². The maximum atomic E-state index is 13.1. The van der Waals surface area contributed by atoms with Crippen molar-refractivity contribution in [1.82, 2.24) is 10.1 Å². The molecule has 1 aliphatic carbocycles. The van der Waals surface area contributed by atoms with E-state index in [1.54, 1.807) is 24.4 Å². The summed E-state index contributed by atoms with van der Waals surface area (Å²) in [5.41, 5.74) is 8.77. The maximum absolute atomic E-state index is 13.1. The van der Waals surface area contributed by atoms with Crippen LogP contribution in [0, 0.1) is 19.8 Å². The monoisotopic (exact) mass is 371 g/mol. The first-order chi connectivity index (χ1) is 12.3. The van der Waals surface area contributed by atoms with Crippen LogP contribution < -0.4 is 5.73 Å². The van der Waals surface area contributed by atoms with Gasteiger partial charge >= 0.3 is 0 Å². The number of aryl methyl sites for hydroxylation is 2. The molecule has 1 aliphatic rings. The van der Waals surface area contributed by atoms with Crippen LogP contribution in [0.3, 0.4) is 0 Å². The predicted octanol–water partition coefficient (Wildman–Crippen LogP) is 3.02. The zero-order valence-electron chi connectivity index (χ0n) is 14.8. The van der Waals surface area contributed by atoms with Gasteiger partial charge < -0.3 is 10.3 Å². The second-order valence-corrected chi connectivity index (χ2v) is 9.13. The molecule has 1 saturated carbocycles.